The predicted octanol–water partition coefficient (Wildman–Crippen LogP) is 3.12. The number of hydrogen-bond acceptors (Lipinski definition) is 3. The van der Waals surface area contributed by atoms with Crippen LogP contribution in [0.5, 0.6) is 0 Å². The Morgan fingerprint density at radius 2 is 2.19 bits per heavy atom. The summed E-state index contributed by atoms with van der Waals surface area (Å²) in [5.74, 6) is 1.03. The third-order valence-corrected chi connectivity index (χ3v) is 4.43. The van der Waals surface area contributed by atoms with Gasteiger partial charge in [-0.05, 0) is 51.0 Å². The largest absolute Gasteiger partial charge is 0.369 e. The molecule has 1 aliphatic rings. The van der Waals surface area contributed by atoms with E-state index in [9.17, 15) is 0 Å². The topological polar surface area (TPSA) is 24.9 Å². The molecule has 0 aromatic carbocycles. The number of rotatable bonds is 4. The third-order valence-electron chi connectivity index (χ3n) is 3.18. The van der Waals surface area contributed by atoms with Gasteiger partial charge in [0.25, 0.3) is 0 Å². The molecule has 88 valence electrons. The molecule has 2 nitrogen and oxygen atoms in total. The smallest absolute Gasteiger partial charge is 0.126 e. The first-order chi connectivity index (χ1) is 7.61. The molecule has 16 heavy (non-hydrogen) atoms. The van der Waals surface area contributed by atoms with Gasteiger partial charge in [-0.1, -0.05) is 6.07 Å². The van der Waals surface area contributed by atoms with E-state index in [4.69, 9.17) is 0 Å². The van der Waals surface area contributed by atoms with E-state index in [1.807, 2.05) is 11.8 Å². The fourth-order valence-electron chi connectivity index (χ4n) is 1.89. The van der Waals surface area contributed by atoms with E-state index in [1.165, 1.54) is 24.1 Å². The highest BCUT2D eigenvalue weighted by molar-refractivity contribution is 7.99. The van der Waals surface area contributed by atoms with Crippen LogP contribution >= 0.6 is 11.8 Å². The molecule has 0 saturated heterocycles. The number of nitrogens with zero attached hydrogens (tertiary/aromatic N) is 1. The average molecular weight is 236 g/mol. The Kier molecular flexibility index (Phi) is 3.43. The zero-order valence-electron chi connectivity index (χ0n) is 10.3. The summed E-state index contributed by atoms with van der Waals surface area (Å²) in [6, 6.07) is 4.34. The minimum absolute atomic E-state index is 0.265. The number of anilines is 1. The molecule has 1 aromatic heterocycles. The molecular weight excluding hydrogens is 216 g/mol. The van der Waals surface area contributed by atoms with Crippen molar-refractivity contribution < 1.29 is 0 Å². The van der Waals surface area contributed by atoms with E-state index in [0.29, 0.717) is 0 Å². The molecule has 1 heterocycles. The molecule has 1 aliphatic carbocycles. The maximum absolute atomic E-state index is 4.67. The van der Waals surface area contributed by atoms with Crippen molar-refractivity contribution in [3.63, 3.8) is 0 Å². The van der Waals surface area contributed by atoms with E-state index < -0.39 is 0 Å². The van der Waals surface area contributed by atoms with Crippen LogP contribution in [0.1, 0.15) is 31.5 Å². The lowest BCUT2D eigenvalue weighted by molar-refractivity contribution is 0.749. The average Bonchev–Trinajstić information content (AvgIpc) is 2.73. The maximum atomic E-state index is 4.67. The minimum Gasteiger partial charge on any atom is -0.369 e. The van der Waals surface area contributed by atoms with Gasteiger partial charge in [0.15, 0.2) is 0 Å². The highest BCUT2D eigenvalue weighted by Gasteiger charge is 2.16. The predicted molar refractivity (Wildman–Crippen MR) is 72.3 cm³/mol. The van der Waals surface area contributed by atoms with E-state index in [1.54, 1.807) is 0 Å². The number of aromatic nitrogens is 1. The molecule has 0 spiro atoms. The van der Waals surface area contributed by atoms with Crippen molar-refractivity contribution in [1.82, 2.24) is 4.98 Å². The zero-order valence-corrected chi connectivity index (χ0v) is 11.2. The van der Waals surface area contributed by atoms with Gasteiger partial charge in [-0.15, -0.1) is 0 Å². The lowest BCUT2D eigenvalue weighted by atomic mass is 10.2. The van der Waals surface area contributed by atoms with Crippen molar-refractivity contribution in [1.29, 1.82) is 0 Å². The molecule has 0 fully saturated rings. The van der Waals surface area contributed by atoms with Crippen LogP contribution in [-0.4, -0.2) is 22.5 Å². The summed E-state index contributed by atoms with van der Waals surface area (Å²) in [4.78, 5) is 4.67. The van der Waals surface area contributed by atoms with Crippen molar-refractivity contribution in [2.75, 3.05) is 18.1 Å². The first-order valence-electron chi connectivity index (χ1n) is 5.88. The van der Waals surface area contributed by atoms with Crippen LogP contribution in [0.25, 0.3) is 0 Å². The number of pyridine rings is 1. The Balaban J connectivity index is 2.00. The standard InChI is InChI=1S/C13H20N2S/c1-13(2,16-3)9-14-12-8-7-10-5-4-6-11(10)15-12/h7-8H,4-6,9H2,1-3H3,(H,14,15). The first kappa shape index (κ1) is 11.8. The Bertz CT molecular complexity index is 374. The summed E-state index contributed by atoms with van der Waals surface area (Å²) in [5, 5.41) is 3.43. The summed E-state index contributed by atoms with van der Waals surface area (Å²) >= 11 is 1.88. The summed E-state index contributed by atoms with van der Waals surface area (Å²) in [6.07, 6.45) is 5.77. The number of thioether (sulfide) groups is 1. The van der Waals surface area contributed by atoms with Crippen LogP contribution in [-0.2, 0) is 12.8 Å². The summed E-state index contributed by atoms with van der Waals surface area (Å²) in [5.41, 5.74) is 2.74. The van der Waals surface area contributed by atoms with Gasteiger partial charge in [-0.25, -0.2) is 4.98 Å². The number of aryl methyl sites for hydroxylation is 2. The molecular formula is C13H20N2S. The van der Waals surface area contributed by atoms with Gasteiger partial charge >= 0.3 is 0 Å². The van der Waals surface area contributed by atoms with Crippen LogP contribution in [0, 0.1) is 0 Å². The molecule has 0 radical (unpaired) electrons. The Morgan fingerprint density at radius 3 is 2.94 bits per heavy atom. The van der Waals surface area contributed by atoms with Gasteiger partial charge in [0, 0.05) is 17.0 Å². The summed E-state index contributed by atoms with van der Waals surface area (Å²) in [6.45, 7) is 5.45. The lowest BCUT2D eigenvalue weighted by Crippen LogP contribution is -2.26. The van der Waals surface area contributed by atoms with E-state index >= 15 is 0 Å². The van der Waals surface area contributed by atoms with E-state index in [0.717, 1.165) is 18.8 Å². The number of hydrogen-bond donors (Lipinski definition) is 1. The molecule has 0 atom stereocenters. The van der Waals surface area contributed by atoms with Gasteiger partial charge < -0.3 is 5.32 Å². The molecule has 3 heteroatoms. The summed E-state index contributed by atoms with van der Waals surface area (Å²) < 4.78 is 0.265. The third kappa shape index (κ3) is 2.70. The van der Waals surface area contributed by atoms with Crippen molar-refractivity contribution in [2.24, 2.45) is 0 Å². The molecule has 0 saturated carbocycles. The van der Waals surface area contributed by atoms with Crippen molar-refractivity contribution >= 4 is 17.6 Å². The first-order valence-corrected chi connectivity index (χ1v) is 7.11. The molecule has 2 rings (SSSR count). The van der Waals surface area contributed by atoms with Crippen LogP contribution in [0.3, 0.4) is 0 Å². The number of fused-ring (bicyclic) bond motifs is 1. The summed E-state index contributed by atoms with van der Waals surface area (Å²) in [7, 11) is 0. The van der Waals surface area contributed by atoms with Crippen LogP contribution in [0.4, 0.5) is 5.82 Å². The van der Waals surface area contributed by atoms with Gasteiger partial charge in [0.2, 0.25) is 0 Å². The Labute approximate surface area is 102 Å². The van der Waals surface area contributed by atoms with Gasteiger partial charge in [-0.3, -0.25) is 0 Å². The molecule has 1 N–H and O–H groups in total. The molecule has 1 aromatic rings. The van der Waals surface area contributed by atoms with Gasteiger partial charge in [-0.2, -0.15) is 11.8 Å². The SMILES string of the molecule is CSC(C)(C)CNc1ccc2c(n1)CCC2. The molecule has 0 bridgehead atoms. The van der Waals surface area contributed by atoms with Crippen molar-refractivity contribution in [3.8, 4) is 0 Å². The fraction of sp³-hybridized carbons (Fsp3) is 0.615. The second-order valence-electron chi connectivity index (χ2n) is 4.97. The quantitative estimate of drug-likeness (QED) is 0.869. The monoisotopic (exact) mass is 236 g/mol. The second kappa shape index (κ2) is 4.66. The minimum atomic E-state index is 0.265. The molecule has 0 amide bonds. The van der Waals surface area contributed by atoms with E-state index in [-0.39, 0.29) is 4.75 Å². The Morgan fingerprint density at radius 1 is 1.38 bits per heavy atom. The van der Waals surface area contributed by atoms with Gasteiger partial charge in [0.05, 0.1) is 0 Å². The van der Waals surface area contributed by atoms with Crippen LogP contribution in [0.15, 0.2) is 12.1 Å². The lowest BCUT2D eigenvalue weighted by Gasteiger charge is -2.22. The number of nitrogens with one attached hydrogen (secondary N) is 1. The second-order valence-corrected chi connectivity index (χ2v) is 6.49. The highest BCUT2D eigenvalue weighted by Crippen LogP contribution is 2.24. The fourth-order valence-corrected chi connectivity index (χ4v) is 2.11. The highest BCUT2D eigenvalue weighted by atomic mass is 32.2. The van der Waals surface area contributed by atoms with E-state index in [2.05, 4.69) is 42.5 Å². The van der Waals surface area contributed by atoms with Gasteiger partial charge in [0.1, 0.15) is 5.82 Å². The zero-order chi connectivity index (χ0) is 11.6. The molecule has 0 unspecified atom stereocenters. The Hall–Kier alpha value is -0.700. The van der Waals surface area contributed by atoms with Crippen molar-refractivity contribution in [2.45, 2.75) is 37.9 Å². The van der Waals surface area contributed by atoms with Crippen molar-refractivity contribution in [3.05, 3.63) is 23.4 Å². The van der Waals surface area contributed by atoms with Crippen LogP contribution < -0.4 is 5.32 Å². The molecule has 0 aliphatic heterocycles. The normalized spacial score (nSPS) is 14.9. The van der Waals surface area contributed by atoms with Crippen LogP contribution in [0.2, 0.25) is 0 Å². The maximum Gasteiger partial charge on any atom is 0.126 e.